The topological polar surface area (TPSA) is 75.6 Å². The highest BCUT2D eigenvalue weighted by atomic mass is 79.9. The number of halogens is 1. The van der Waals surface area contributed by atoms with Crippen molar-refractivity contribution < 1.29 is 0 Å². The van der Waals surface area contributed by atoms with Gasteiger partial charge < -0.3 is 10.3 Å². The van der Waals surface area contributed by atoms with E-state index in [-0.39, 0.29) is 5.56 Å². The summed E-state index contributed by atoms with van der Waals surface area (Å²) in [6.07, 6.45) is 5.95. The maximum absolute atomic E-state index is 12.1. The van der Waals surface area contributed by atoms with Gasteiger partial charge in [-0.2, -0.15) is 5.10 Å². The van der Waals surface area contributed by atoms with Crippen LogP contribution in [0.15, 0.2) is 27.9 Å². The van der Waals surface area contributed by atoms with Crippen molar-refractivity contribution in [3.8, 4) is 0 Å². The van der Waals surface area contributed by atoms with Crippen LogP contribution in [0.4, 0.5) is 5.69 Å². The smallest absolute Gasteiger partial charge is 0.283 e. The minimum atomic E-state index is -0.110. The molecule has 0 aliphatic rings. The summed E-state index contributed by atoms with van der Waals surface area (Å²) >= 11 is 3.34. The molecule has 0 fully saturated rings. The van der Waals surface area contributed by atoms with Gasteiger partial charge in [-0.1, -0.05) is 13.8 Å². The Morgan fingerprint density at radius 1 is 1.50 bits per heavy atom. The Hall–Kier alpha value is -1.63. The Morgan fingerprint density at radius 3 is 2.95 bits per heavy atom. The average molecular weight is 340 g/mol. The van der Waals surface area contributed by atoms with Crippen molar-refractivity contribution >= 4 is 21.6 Å². The SMILES string of the molecule is CC(C)Cn1ncc(NCCc2ncc[nH]2)c(Br)c1=O. The molecule has 2 N–H and O–H groups in total. The first-order chi connectivity index (χ1) is 9.58. The summed E-state index contributed by atoms with van der Waals surface area (Å²) < 4.78 is 2.00. The van der Waals surface area contributed by atoms with E-state index in [4.69, 9.17) is 0 Å². The van der Waals surface area contributed by atoms with Crippen LogP contribution in [0.25, 0.3) is 0 Å². The molecular formula is C13H18BrN5O. The van der Waals surface area contributed by atoms with Gasteiger partial charge in [0.15, 0.2) is 0 Å². The number of rotatable bonds is 6. The van der Waals surface area contributed by atoms with Crippen molar-refractivity contribution in [2.75, 3.05) is 11.9 Å². The molecule has 2 aromatic heterocycles. The van der Waals surface area contributed by atoms with Gasteiger partial charge in [0.2, 0.25) is 0 Å². The Labute approximate surface area is 125 Å². The van der Waals surface area contributed by atoms with Gasteiger partial charge in [-0.25, -0.2) is 9.67 Å². The maximum atomic E-state index is 12.1. The fourth-order valence-corrected chi connectivity index (χ4v) is 2.26. The average Bonchev–Trinajstić information content (AvgIpc) is 2.90. The van der Waals surface area contributed by atoms with Gasteiger partial charge in [0, 0.05) is 31.9 Å². The molecule has 0 unspecified atom stereocenters. The molecule has 108 valence electrons. The second-order valence-corrected chi connectivity index (χ2v) is 5.76. The third kappa shape index (κ3) is 3.69. The van der Waals surface area contributed by atoms with E-state index in [0.717, 1.165) is 12.2 Å². The monoisotopic (exact) mass is 339 g/mol. The van der Waals surface area contributed by atoms with E-state index in [0.29, 0.717) is 29.2 Å². The fraction of sp³-hybridized carbons (Fsp3) is 0.462. The molecule has 2 heterocycles. The van der Waals surface area contributed by atoms with E-state index in [9.17, 15) is 4.79 Å². The largest absolute Gasteiger partial charge is 0.382 e. The van der Waals surface area contributed by atoms with Crippen LogP contribution in [0, 0.1) is 5.92 Å². The lowest BCUT2D eigenvalue weighted by Crippen LogP contribution is -2.26. The van der Waals surface area contributed by atoms with Crippen LogP contribution < -0.4 is 10.9 Å². The van der Waals surface area contributed by atoms with Crippen LogP contribution in [0.5, 0.6) is 0 Å². The van der Waals surface area contributed by atoms with Gasteiger partial charge >= 0.3 is 0 Å². The number of nitrogens with zero attached hydrogens (tertiary/aromatic N) is 3. The molecule has 2 aromatic rings. The van der Waals surface area contributed by atoms with Crippen LogP contribution in [0.3, 0.4) is 0 Å². The summed E-state index contributed by atoms with van der Waals surface area (Å²) in [4.78, 5) is 19.3. The van der Waals surface area contributed by atoms with E-state index in [1.54, 1.807) is 18.6 Å². The van der Waals surface area contributed by atoms with Gasteiger partial charge in [-0.15, -0.1) is 0 Å². The number of hydrogen-bond acceptors (Lipinski definition) is 4. The molecule has 0 aliphatic carbocycles. The molecule has 0 bridgehead atoms. The molecule has 0 atom stereocenters. The highest BCUT2D eigenvalue weighted by molar-refractivity contribution is 9.10. The maximum Gasteiger partial charge on any atom is 0.283 e. The summed E-state index contributed by atoms with van der Waals surface area (Å²) in [5.41, 5.74) is 0.600. The predicted molar refractivity (Wildman–Crippen MR) is 81.8 cm³/mol. The molecule has 2 rings (SSSR count). The van der Waals surface area contributed by atoms with E-state index in [1.807, 2.05) is 0 Å². The van der Waals surface area contributed by atoms with Gasteiger partial charge in [0.25, 0.3) is 5.56 Å². The van der Waals surface area contributed by atoms with Crippen molar-refractivity contribution in [3.05, 3.63) is 39.2 Å². The van der Waals surface area contributed by atoms with Crippen molar-refractivity contribution in [1.29, 1.82) is 0 Å². The molecule has 20 heavy (non-hydrogen) atoms. The molecule has 0 radical (unpaired) electrons. The Bertz CT molecular complexity index is 606. The number of anilines is 1. The second kappa shape index (κ2) is 6.69. The summed E-state index contributed by atoms with van der Waals surface area (Å²) in [6.45, 7) is 5.40. The first-order valence-electron chi connectivity index (χ1n) is 6.55. The lowest BCUT2D eigenvalue weighted by Gasteiger charge is -2.11. The second-order valence-electron chi connectivity index (χ2n) is 4.97. The summed E-state index contributed by atoms with van der Waals surface area (Å²) in [5.74, 6) is 1.29. The van der Waals surface area contributed by atoms with E-state index < -0.39 is 0 Å². The molecule has 6 nitrogen and oxygen atoms in total. The molecule has 0 spiro atoms. The van der Waals surface area contributed by atoms with Crippen LogP contribution in [0.1, 0.15) is 19.7 Å². The van der Waals surface area contributed by atoms with Gasteiger partial charge in [-0.3, -0.25) is 4.79 Å². The lowest BCUT2D eigenvalue weighted by atomic mass is 10.2. The molecule has 0 aromatic carbocycles. The Morgan fingerprint density at radius 2 is 2.30 bits per heavy atom. The van der Waals surface area contributed by atoms with Gasteiger partial charge in [-0.05, 0) is 21.8 Å². The zero-order valence-electron chi connectivity index (χ0n) is 11.6. The molecule has 0 saturated heterocycles. The molecule has 0 aliphatic heterocycles. The number of hydrogen-bond donors (Lipinski definition) is 2. The Kier molecular flexibility index (Phi) is 4.94. The van der Waals surface area contributed by atoms with Crippen molar-refractivity contribution in [3.63, 3.8) is 0 Å². The predicted octanol–water partition coefficient (Wildman–Crippen LogP) is 2.04. The van der Waals surface area contributed by atoms with Crippen molar-refractivity contribution in [2.24, 2.45) is 5.92 Å². The van der Waals surface area contributed by atoms with E-state index in [1.165, 1.54) is 4.68 Å². The fourth-order valence-electron chi connectivity index (χ4n) is 1.81. The van der Waals surface area contributed by atoms with Crippen molar-refractivity contribution in [1.82, 2.24) is 19.7 Å². The molecule has 0 saturated carbocycles. The quantitative estimate of drug-likeness (QED) is 0.844. The highest BCUT2D eigenvalue weighted by Crippen LogP contribution is 2.16. The number of H-pyrrole nitrogens is 1. The summed E-state index contributed by atoms with van der Waals surface area (Å²) in [7, 11) is 0. The van der Waals surface area contributed by atoms with Crippen LogP contribution in [-0.2, 0) is 13.0 Å². The van der Waals surface area contributed by atoms with E-state index in [2.05, 4.69) is 50.2 Å². The van der Waals surface area contributed by atoms with Crippen LogP contribution >= 0.6 is 15.9 Å². The van der Waals surface area contributed by atoms with Gasteiger partial charge in [0.05, 0.1) is 11.9 Å². The third-order valence-electron chi connectivity index (χ3n) is 2.76. The highest BCUT2D eigenvalue weighted by Gasteiger charge is 2.09. The minimum Gasteiger partial charge on any atom is -0.382 e. The van der Waals surface area contributed by atoms with Crippen LogP contribution in [-0.4, -0.2) is 26.3 Å². The van der Waals surface area contributed by atoms with E-state index >= 15 is 0 Å². The molecule has 0 amide bonds. The number of aromatic amines is 1. The standard InChI is InChI=1S/C13H18BrN5O/c1-9(2)8-19-13(20)12(14)10(7-18-19)15-4-3-11-16-5-6-17-11/h5-7,9,15H,3-4,8H2,1-2H3,(H,16,17). The lowest BCUT2D eigenvalue weighted by molar-refractivity contribution is 0.462. The normalized spacial score (nSPS) is 11.0. The summed E-state index contributed by atoms with van der Waals surface area (Å²) in [5, 5.41) is 7.37. The van der Waals surface area contributed by atoms with Crippen molar-refractivity contribution in [2.45, 2.75) is 26.8 Å². The first kappa shape index (κ1) is 14.8. The molecule has 7 heteroatoms. The summed E-state index contributed by atoms with van der Waals surface area (Å²) in [6, 6.07) is 0. The first-order valence-corrected chi connectivity index (χ1v) is 7.35. The minimum absolute atomic E-state index is 0.110. The van der Waals surface area contributed by atoms with Crippen LogP contribution in [0.2, 0.25) is 0 Å². The molecular weight excluding hydrogens is 322 g/mol. The zero-order chi connectivity index (χ0) is 14.5. The zero-order valence-corrected chi connectivity index (χ0v) is 13.1. The Balaban J connectivity index is 2.02. The number of imidazole rings is 1. The number of nitrogens with one attached hydrogen (secondary N) is 2. The third-order valence-corrected chi connectivity index (χ3v) is 3.52. The number of aromatic nitrogens is 4. The van der Waals surface area contributed by atoms with Gasteiger partial charge in [0.1, 0.15) is 10.3 Å².